The number of nitro groups is 1. The van der Waals surface area contributed by atoms with E-state index in [4.69, 9.17) is 9.47 Å². The molecular weight excluding hydrogens is 436 g/mol. The monoisotopic (exact) mass is 458 g/mol. The Kier molecular flexibility index (Phi) is 6.68. The molecule has 1 heterocycles. The number of methoxy groups -OCH3 is 2. The Labute approximate surface area is 195 Å². The van der Waals surface area contributed by atoms with Gasteiger partial charge in [0.15, 0.2) is 0 Å². The maximum absolute atomic E-state index is 12.1. The minimum absolute atomic E-state index is 0.00652. The van der Waals surface area contributed by atoms with E-state index in [0.717, 1.165) is 11.4 Å². The zero-order valence-corrected chi connectivity index (χ0v) is 18.5. The lowest BCUT2D eigenvalue weighted by atomic mass is 10.2. The molecule has 0 radical (unpaired) electrons. The number of nitrogens with one attached hydrogen (secondary N) is 2. The average Bonchev–Trinajstić information content (AvgIpc) is 2.88. The summed E-state index contributed by atoms with van der Waals surface area (Å²) in [6.45, 7) is 0. The summed E-state index contributed by atoms with van der Waals surface area (Å²) < 4.78 is 10.6. The highest BCUT2D eigenvalue weighted by atomic mass is 16.6. The number of ether oxygens (including phenoxy) is 2. The molecule has 172 valence electrons. The van der Waals surface area contributed by atoms with E-state index < -0.39 is 4.92 Å². The fourth-order valence-corrected chi connectivity index (χ4v) is 3.29. The first-order chi connectivity index (χ1) is 16.6. The number of hydrazine groups is 1. The normalized spacial score (nSPS) is 10.3. The summed E-state index contributed by atoms with van der Waals surface area (Å²) in [4.78, 5) is 19.9. The second-order valence-electron chi connectivity index (χ2n) is 6.99. The SMILES string of the molecule is COc1ccc(Nc2ncnc(NN(c3ccccc3)c3ccccc3)c2[N+](=O)[O-])c(OC)c1. The van der Waals surface area contributed by atoms with Crippen molar-refractivity contribution in [2.75, 3.05) is 30.0 Å². The number of hydrogen-bond acceptors (Lipinski definition) is 9. The van der Waals surface area contributed by atoms with Crippen molar-refractivity contribution in [2.24, 2.45) is 0 Å². The maximum Gasteiger partial charge on any atom is 0.355 e. The van der Waals surface area contributed by atoms with Crippen LogP contribution in [0.1, 0.15) is 0 Å². The van der Waals surface area contributed by atoms with E-state index in [-0.39, 0.29) is 17.3 Å². The van der Waals surface area contributed by atoms with Gasteiger partial charge in [0, 0.05) is 6.07 Å². The number of rotatable bonds is 9. The highest BCUT2D eigenvalue weighted by Crippen LogP contribution is 2.37. The summed E-state index contributed by atoms with van der Waals surface area (Å²) in [7, 11) is 3.04. The number of benzene rings is 3. The highest BCUT2D eigenvalue weighted by Gasteiger charge is 2.26. The molecule has 0 saturated heterocycles. The summed E-state index contributed by atoms with van der Waals surface area (Å²) in [5.41, 5.74) is 4.79. The Balaban J connectivity index is 1.74. The van der Waals surface area contributed by atoms with Crippen molar-refractivity contribution in [3.8, 4) is 11.5 Å². The molecule has 0 saturated carbocycles. The molecule has 0 spiro atoms. The molecule has 10 nitrogen and oxygen atoms in total. The summed E-state index contributed by atoms with van der Waals surface area (Å²) in [5.74, 6) is 1.05. The lowest BCUT2D eigenvalue weighted by molar-refractivity contribution is -0.383. The van der Waals surface area contributed by atoms with E-state index in [0.29, 0.717) is 17.2 Å². The van der Waals surface area contributed by atoms with Crippen LogP contribution < -0.4 is 25.2 Å². The molecule has 10 heteroatoms. The van der Waals surface area contributed by atoms with Crippen LogP contribution >= 0.6 is 0 Å². The van der Waals surface area contributed by atoms with E-state index in [9.17, 15) is 10.1 Å². The third-order valence-corrected chi connectivity index (χ3v) is 4.91. The van der Waals surface area contributed by atoms with Crippen LogP contribution in [0.4, 0.5) is 34.4 Å². The van der Waals surface area contributed by atoms with Crippen molar-refractivity contribution in [1.29, 1.82) is 0 Å². The van der Waals surface area contributed by atoms with E-state index in [1.165, 1.54) is 13.4 Å². The second-order valence-corrected chi connectivity index (χ2v) is 6.99. The Hall–Kier alpha value is -4.86. The van der Waals surface area contributed by atoms with E-state index in [1.54, 1.807) is 30.3 Å². The Bertz CT molecular complexity index is 1230. The summed E-state index contributed by atoms with van der Waals surface area (Å²) in [6.07, 6.45) is 1.25. The molecule has 34 heavy (non-hydrogen) atoms. The average molecular weight is 458 g/mol. The quantitative estimate of drug-likeness (QED) is 0.254. The molecule has 0 fully saturated rings. The molecule has 0 unspecified atom stereocenters. The van der Waals surface area contributed by atoms with Crippen molar-refractivity contribution >= 4 is 34.4 Å². The summed E-state index contributed by atoms with van der Waals surface area (Å²) in [5, 5.41) is 16.8. The van der Waals surface area contributed by atoms with Gasteiger partial charge in [-0.1, -0.05) is 36.4 Å². The van der Waals surface area contributed by atoms with Crippen molar-refractivity contribution in [3.63, 3.8) is 0 Å². The molecule has 0 aliphatic heterocycles. The number of hydrogen-bond donors (Lipinski definition) is 2. The standard InChI is InChI=1S/C24H22N6O4/c1-33-19-13-14-20(21(15-19)34-2)27-23-22(30(31)32)24(26-16-25-23)28-29(17-9-5-3-6-10-17)18-11-7-4-8-12-18/h3-16H,1-2H3,(H2,25,26,27,28). The topological polar surface area (TPSA) is 115 Å². The van der Waals surface area contributed by atoms with Crippen molar-refractivity contribution in [2.45, 2.75) is 0 Å². The molecule has 0 aliphatic carbocycles. The van der Waals surface area contributed by atoms with Crippen LogP contribution in [-0.2, 0) is 0 Å². The molecule has 4 rings (SSSR count). The smallest absolute Gasteiger partial charge is 0.355 e. The van der Waals surface area contributed by atoms with Crippen LogP contribution in [0.2, 0.25) is 0 Å². The van der Waals surface area contributed by atoms with Gasteiger partial charge in [-0.15, -0.1) is 0 Å². The van der Waals surface area contributed by atoms with Gasteiger partial charge < -0.3 is 14.8 Å². The van der Waals surface area contributed by atoms with Gasteiger partial charge in [-0.05, 0) is 36.4 Å². The predicted octanol–water partition coefficient (Wildman–Crippen LogP) is 5.31. The van der Waals surface area contributed by atoms with Gasteiger partial charge in [-0.25, -0.2) is 9.97 Å². The van der Waals surface area contributed by atoms with Crippen LogP contribution in [0, 0.1) is 10.1 Å². The second kappa shape index (κ2) is 10.2. The van der Waals surface area contributed by atoms with Crippen molar-refractivity contribution in [1.82, 2.24) is 9.97 Å². The third kappa shape index (κ3) is 4.80. The van der Waals surface area contributed by atoms with Crippen molar-refractivity contribution in [3.05, 3.63) is 95.3 Å². The Morgan fingerprint density at radius 2 is 1.47 bits per heavy atom. The van der Waals surface area contributed by atoms with Crippen molar-refractivity contribution < 1.29 is 14.4 Å². The Morgan fingerprint density at radius 3 is 2.03 bits per heavy atom. The van der Waals surface area contributed by atoms with E-state index in [2.05, 4.69) is 20.7 Å². The largest absolute Gasteiger partial charge is 0.497 e. The maximum atomic E-state index is 12.1. The molecule has 0 atom stereocenters. The molecule has 2 N–H and O–H groups in total. The molecule has 4 aromatic rings. The van der Waals surface area contributed by atoms with Gasteiger partial charge in [0.1, 0.15) is 17.8 Å². The van der Waals surface area contributed by atoms with Gasteiger partial charge in [-0.2, -0.15) is 0 Å². The number of aromatic nitrogens is 2. The fourth-order valence-electron chi connectivity index (χ4n) is 3.29. The Morgan fingerprint density at radius 1 is 0.853 bits per heavy atom. The minimum atomic E-state index is -0.533. The van der Waals surface area contributed by atoms with Crippen LogP contribution in [0.3, 0.4) is 0 Å². The first-order valence-corrected chi connectivity index (χ1v) is 10.3. The third-order valence-electron chi connectivity index (χ3n) is 4.91. The zero-order valence-electron chi connectivity index (χ0n) is 18.5. The molecule has 1 aromatic heterocycles. The van der Waals surface area contributed by atoms with Gasteiger partial charge in [0.25, 0.3) is 0 Å². The highest BCUT2D eigenvalue weighted by molar-refractivity contribution is 5.78. The molecule has 3 aromatic carbocycles. The van der Waals surface area contributed by atoms with Gasteiger partial charge in [0.05, 0.1) is 36.2 Å². The lowest BCUT2D eigenvalue weighted by Crippen LogP contribution is -2.26. The number of anilines is 5. The molecular formula is C24H22N6O4. The van der Waals surface area contributed by atoms with E-state index >= 15 is 0 Å². The van der Waals surface area contributed by atoms with Crippen LogP contribution in [-0.4, -0.2) is 29.1 Å². The number of para-hydroxylation sites is 2. The predicted molar refractivity (Wildman–Crippen MR) is 130 cm³/mol. The number of nitrogens with zero attached hydrogens (tertiary/aromatic N) is 4. The molecule has 0 aliphatic rings. The summed E-state index contributed by atoms with van der Waals surface area (Å²) >= 11 is 0. The van der Waals surface area contributed by atoms with Gasteiger partial charge in [0.2, 0.25) is 11.6 Å². The fraction of sp³-hybridized carbons (Fsp3) is 0.0833. The first kappa shape index (κ1) is 22.3. The van der Waals surface area contributed by atoms with E-state index in [1.807, 2.05) is 60.7 Å². The minimum Gasteiger partial charge on any atom is -0.497 e. The summed E-state index contributed by atoms with van der Waals surface area (Å²) in [6, 6.07) is 23.9. The van der Waals surface area contributed by atoms with Gasteiger partial charge >= 0.3 is 5.69 Å². The van der Waals surface area contributed by atoms with Crippen LogP contribution in [0.5, 0.6) is 11.5 Å². The van der Waals surface area contributed by atoms with Crippen LogP contribution in [0.25, 0.3) is 0 Å². The zero-order chi connectivity index (χ0) is 23.9. The first-order valence-electron chi connectivity index (χ1n) is 10.3. The van der Waals surface area contributed by atoms with Gasteiger partial charge in [-0.3, -0.25) is 20.5 Å². The van der Waals surface area contributed by atoms with Crippen LogP contribution in [0.15, 0.2) is 85.2 Å². The molecule has 0 amide bonds. The lowest BCUT2D eigenvalue weighted by Gasteiger charge is -2.26. The molecule has 0 bridgehead atoms.